The zero-order valence-corrected chi connectivity index (χ0v) is 15.9. The largest absolute Gasteiger partial charge is 0.342 e. The molecule has 3 heterocycles. The van der Waals surface area contributed by atoms with E-state index in [4.69, 9.17) is 4.98 Å². The summed E-state index contributed by atoms with van der Waals surface area (Å²) in [6.45, 7) is 8.07. The van der Waals surface area contributed by atoms with Crippen LogP contribution in [0, 0.1) is 19.8 Å². The lowest BCUT2D eigenvalue weighted by molar-refractivity contribution is 0.0933. The van der Waals surface area contributed by atoms with Crippen LogP contribution >= 0.6 is 0 Å². The van der Waals surface area contributed by atoms with Crippen molar-refractivity contribution in [3.8, 4) is 5.82 Å². The Kier molecular flexibility index (Phi) is 4.06. The van der Waals surface area contributed by atoms with E-state index < -0.39 is 0 Å². The zero-order valence-electron chi connectivity index (χ0n) is 15.9. The molecule has 0 saturated carbocycles. The fourth-order valence-corrected chi connectivity index (χ4v) is 3.83. The van der Waals surface area contributed by atoms with Gasteiger partial charge in [0.1, 0.15) is 5.82 Å². The van der Waals surface area contributed by atoms with Gasteiger partial charge in [0.2, 0.25) is 0 Å². The fourth-order valence-electron chi connectivity index (χ4n) is 3.83. The second-order valence-electron chi connectivity index (χ2n) is 7.62. The highest BCUT2D eigenvalue weighted by Gasteiger charge is 2.30. The molecule has 2 aromatic heterocycles. The first-order valence-electron chi connectivity index (χ1n) is 9.17. The summed E-state index contributed by atoms with van der Waals surface area (Å²) in [6, 6.07) is 6.93. The quantitative estimate of drug-likeness (QED) is 0.759. The molecule has 1 aliphatic heterocycles. The summed E-state index contributed by atoms with van der Waals surface area (Å²) in [4.78, 5) is 35.5. The number of aryl methyl sites for hydroxylation is 2. The minimum absolute atomic E-state index is 0.183. The van der Waals surface area contributed by atoms with Crippen LogP contribution in [-0.4, -0.2) is 20.4 Å². The third-order valence-corrected chi connectivity index (χ3v) is 4.91. The number of nitrogens with zero attached hydrogens (tertiary/aromatic N) is 3. The van der Waals surface area contributed by atoms with Crippen LogP contribution in [0.1, 0.15) is 53.6 Å². The van der Waals surface area contributed by atoms with Gasteiger partial charge < -0.3 is 5.32 Å². The van der Waals surface area contributed by atoms with Crippen LogP contribution in [0.25, 0.3) is 16.7 Å². The number of pyridine rings is 1. The van der Waals surface area contributed by atoms with Crippen molar-refractivity contribution < 1.29 is 4.79 Å². The van der Waals surface area contributed by atoms with Crippen molar-refractivity contribution in [1.29, 1.82) is 0 Å². The Morgan fingerprint density at radius 3 is 2.74 bits per heavy atom. The van der Waals surface area contributed by atoms with Gasteiger partial charge in [-0.25, -0.2) is 14.5 Å². The highest BCUT2D eigenvalue weighted by atomic mass is 16.2. The number of carbonyl (C=O) groups excluding carboxylic acids is 1. The summed E-state index contributed by atoms with van der Waals surface area (Å²) in [6.07, 6.45) is 2.28. The summed E-state index contributed by atoms with van der Waals surface area (Å²) < 4.78 is 1.52. The molecule has 1 amide bonds. The maximum Gasteiger partial charge on any atom is 0.267 e. The molecule has 1 N–H and O–H groups in total. The van der Waals surface area contributed by atoms with Crippen molar-refractivity contribution in [2.75, 3.05) is 0 Å². The molecule has 1 atom stereocenters. The number of fused-ring (bicyclic) bond motifs is 4. The van der Waals surface area contributed by atoms with E-state index in [2.05, 4.69) is 24.1 Å². The summed E-state index contributed by atoms with van der Waals surface area (Å²) in [7, 11) is 0. The highest BCUT2D eigenvalue weighted by molar-refractivity contribution is 5.98. The minimum atomic E-state index is -0.357. The fraction of sp³-hybridized carbons (Fsp3) is 0.333. The van der Waals surface area contributed by atoms with E-state index in [1.54, 1.807) is 18.3 Å². The van der Waals surface area contributed by atoms with Gasteiger partial charge in [-0.15, -0.1) is 0 Å². The standard InChI is InChI=1S/C21H22N4O2/c1-11(2)8-16-19-23-15-10-12(3)9-13(4)17(15)21(27)25(19)18-14(20(26)24-16)6-5-7-22-18/h5-7,9-11,16H,8H2,1-4H3,(H,24,26). The van der Waals surface area contributed by atoms with Crippen LogP contribution in [0.5, 0.6) is 0 Å². The maximum absolute atomic E-state index is 13.5. The second-order valence-corrected chi connectivity index (χ2v) is 7.62. The molecule has 138 valence electrons. The van der Waals surface area contributed by atoms with Gasteiger partial charge in [0.15, 0.2) is 5.82 Å². The van der Waals surface area contributed by atoms with Gasteiger partial charge in [0.25, 0.3) is 11.5 Å². The number of carbonyl (C=O) groups is 1. The van der Waals surface area contributed by atoms with Crippen molar-refractivity contribution in [2.24, 2.45) is 5.92 Å². The monoisotopic (exact) mass is 362 g/mol. The summed E-state index contributed by atoms with van der Waals surface area (Å²) in [5.74, 6) is 0.975. The molecular weight excluding hydrogens is 340 g/mol. The van der Waals surface area contributed by atoms with Gasteiger partial charge >= 0.3 is 0 Å². The van der Waals surface area contributed by atoms with Crippen molar-refractivity contribution in [3.63, 3.8) is 0 Å². The summed E-state index contributed by atoms with van der Waals surface area (Å²) >= 11 is 0. The normalized spacial score (nSPS) is 16.0. The van der Waals surface area contributed by atoms with Crippen molar-refractivity contribution in [2.45, 2.75) is 40.2 Å². The molecule has 1 aliphatic rings. The predicted molar refractivity (Wildman–Crippen MR) is 104 cm³/mol. The molecule has 0 bridgehead atoms. The Morgan fingerprint density at radius 2 is 2.00 bits per heavy atom. The Hall–Kier alpha value is -3.02. The summed E-state index contributed by atoms with van der Waals surface area (Å²) in [5.41, 5.74) is 2.79. The molecular formula is C21H22N4O2. The van der Waals surface area contributed by atoms with Gasteiger partial charge in [-0.3, -0.25) is 9.59 Å². The molecule has 6 nitrogen and oxygen atoms in total. The number of rotatable bonds is 2. The third kappa shape index (κ3) is 2.81. The molecule has 0 fully saturated rings. The second kappa shape index (κ2) is 6.30. The molecule has 0 aliphatic carbocycles. The molecule has 0 radical (unpaired) electrons. The molecule has 1 unspecified atom stereocenters. The number of amides is 1. The topological polar surface area (TPSA) is 76.9 Å². The molecule has 0 saturated heterocycles. The van der Waals surface area contributed by atoms with E-state index in [9.17, 15) is 9.59 Å². The highest BCUT2D eigenvalue weighted by Crippen LogP contribution is 2.28. The molecule has 0 spiro atoms. The number of hydrogen-bond acceptors (Lipinski definition) is 4. The van der Waals surface area contributed by atoms with Gasteiger partial charge in [-0.1, -0.05) is 19.9 Å². The van der Waals surface area contributed by atoms with Crippen molar-refractivity contribution in [3.05, 3.63) is 63.3 Å². The predicted octanol–water partition coefficient (Wildman–Crippen LogP) is 3.23. The van der Waals surface area contributed by atoms with Crippen LogP contribution in [0.15, 0.2) is 35.3 Å². The number of benzene rings is 1. The van der Waals surface area contributed by atoms with Crippen LogP contribution in [-0.2, 0) is 0 Å². The Balaban J connectivity index is 2.14. The molecule has 27 heavy (non-hydrogen) atoms. The molecule has 4 rings (SSSR count). The minimum Gasteiger partial charge on any atom is -0.342 e. The van der Waals surface area contributed by atoms with E-state index >= 15 is 0 Å². The molecule has 6 heteroatoms. The number of nitrogens with one attached hydrogen (secondary N) is 1. The van der Waals surface area contributed by atoms with E-state index in [0.29, 0.717) is 40.4 Å². The van der Waals surface area contributed by atoms with Crippen molar-refractivity contribution >= 4 is 16.8 Å². The Bertz CT molecular complexity index is 1130. The molecule has 1 aromatic carbocycles. The lowest BCUT2D eigenvalue weighted by atomic mass is 10.0. The maximum atomic E-state index is 13.5. The number of aromatic nitrogens is 3. The third-order valence-electron chi connectivity index (χ3n) is 4.91. The van der Waals surface area contributed by atoms with Crippen LogP contribution in [0.2, 0.25) is 0 Å². The smallest absolute Gasteiger partial charge is 0.267 e. The first-order valence-corrected chi connectivity index (χ1v) is 9.17. The Labute approximate surface area is 157 Å². The SMILES string of the molecule is Cc1cc(C)c2c(=O)n3c(nc2c1)C(CC(C)C)NC(=O)c1cccnc1-3. The van der Waals surface area contributed by atoms with E-state index in [0.717, 1.165) is 11.1 Å². The lowest BCUT2D eigenvalue weighted by Crippen LogP contribution is -2.31. The van der Waals surface area contributed by atoms with Gasteiger partial charge in [-0.05, 0) is 55.5 Å². The van der Waals surface area contributed by atoms with Crippen LogP contribution in [0.3, 0.4) is 0 Å². The lowest BCUT2D eigenvalue weighted by Gasteiger charge is -2.20. The Morgan fingerprint density at radius 1 is 1.22 bits per heavy atom. The van der Waals surface area contributed by atoms with Gasteiger partial charge in [0.05, 0.1) is 22.5 Å². The summed E-state index contributed by atoms with van der Waals surface area (Å²) in [5, 5.41) is 3.61. The number of hydrogen-bond donors (Lipinski definition) is 1. The van der Waals surface area contributed by atoms with Crippen LogP contribution < -0.4 is 10.9 Å². The average molecular weight is 362 g/mol. The van der Waals surface area contributed by atoms with Crippen LogP contribution in [0.4, 0.5) is 0 Å². The van der Waals surface area contributed by atoms with Crippen molar-refractivity contribution in [1.82, 2.24) is 19.9 Å². The van der Waals surface area contributed by atoms with Gasteiger partial charge in [0, 0.05) is 6.20 Å². The molecule has 3 aromatic rings. The average Bonchev–Trinajstić information content (AvgIpc) is 2.70. The van der Waals surface area contributed by atoms with E-state index in [-0.39, 0.29) is 17.5 Å². The zero-order chi connectivity index (χ0) is 19.3. The van der Waals surface area contributed by atoms with E-state index in [1.165, 1.54) is 4.57 Å². The first kappa shape index (κ1) is 17.4. The first-order chi connectivity index (χ1) is 12.9. The van der Waals surface area contributed by atoms with E-state index in [1.807, 2.05) is 26.0 Å². The van der Waals surface area contributed by atoms with Gasteiger partial charge in [-0.2, -0.15) is 0 Å².